The molecule has 0 bridgehead atoms. The zero-order chi connectivity index (χ0) is 11.6. The Kier molecular flexibility index (Phi) is 3.36. The van der Waals surface area contributed by atoms with E-state index in [2.05, 4.69) is 0 Å². The van der Waals surface area contributed by atoms with E-state index in [4.69, 9.17) is 5.11 Å². The molecule has 0 saturated heterocycles. The van der Waals surface area contributed by atoms with Crippen LogP contribution in [0.25, 0.3) is 0 Å². The number of alkyl halides is 3. The molecule has 0 aliphatic heterocycles. The van der Waals surface area contributed by atoms with Crippen molar-refractivity contribution in [3.8, 4) is 0 Å². The van der Waals surface area contributed by atoms with Gasteiger partial charge in [-0.05, 0) is 24.6 Å². The minimum absolute atomic E-state index is 0.0554. The van der Waals surface area contributed by atoms with Crippen molar-refractivity contribution < 1.29 is 23.4 Å². The third-order valence-corrected chi connectivity index (χ3v) is 2.01. The first kappa shape index (κ1) is 12.0. The fraction of sp³-hybridized carbons (Fsp3) is 0.400. The SMILES string of the molecule is CC(O)[C@H](O)c1cccc(C(F)(F)F)c1. The monoisotopic (exact) mass is 220 g/mol. The van der Waals surface area contributed by atoms with E-state index in [1.807, 2.05) is 0 Å². The van der Waals surface area contributed by atoms with Gasteiger partial charge in [0.2, 0.25) is 0 Å². The summed E-state index contributed by atoms with van der Waals surface area (Å²) < 4.78 is 36.9. The molecule has 2 atom stereocenters. The van der Waals surface area contributed by atoms with E-state index >= 15 is 0 Å². The fourth-order valence-corrected chi connectivity index (χ4v) is 1.18. The Morgan fingerprint density at radius 2 is 1.80 bits per heavy atom. The second-order valence-electron chi connectivity index (χ2n) is 3.31. The summed E-state index contributed by atoms with van der Waals surface area (Å²) in [5, 5.41) is 18.4. The largest absolute Gasteiger partial charge is 0.416 e. The van der Waals surface area contributed by atoms with E-state index in [0.29, 0.717) is 0 Å². The molecule has 0 fully saturated rings. The van der Waals surface area contributed by atoms with Crippen molar-refractivity contribution in [1.29, 1.82) is 0 Å². The van der Waals surface area contributed by atoms with Crippen LogP contribution in [0.2, 0.25) is 0 Å². The van der Waals surface area contributed by atoms with Crippen LogP contribution in [-0.2, 0) is 6.18 Å². The molecule has 1 unspecified atom stereocenters. The first-order valence-corrected chi connectivity index (χ1v) is 4.35. The third-order valence-electron chi connectivity index (χ3n) is 2.01. The summed E-state index contributed by atoms with van der Waals surface area (Å²) in [7, 11) is 0. The van der Waals surface area contributed by atoms with Gasteiger partial charge in [-0.1, -0.05) is 12.1 Å². The molecule has 0 radical (unpaired) electrons. The second kappa shape index (κ2) is 4.20. The van der Waals surface area contributed by atoms with Crippen molar-refractivity contribution in [1.82, 2.24) is 0 Å². The molecule has 0 aromatic heterocycles. The first-order valence-electron chi connectivity index (χ1n) is 4.35. The van der Waals surface area contributed by atoms with Crippen molar-refractivity contribution in [2.45, 2.75) is 25.3 Å². The highest BCUT2D eigenvalue weighted by atomic mass is 19.4. The van der Waals surface area contributed by atoms with Gasteiger partial charge in [0.05, 0.1) is 11.7 Å². The maximum absolute atomic E-state index is 12.3. The minimum Gasteiger partial charge on any atom is -0.390 e. The molecule has 0 saturated carbocycles. The van der Waals surface area contributed by atoms with Crippen LogP contribution in [0, 0.1) is 0 Å². The molecule has 15 heavy (non-hydrogen) atoms. The smallest absolute Gasteiger partial charge is 0.390 e. The maximum atomic E-state index is 12.3. The number of hydrogen-bond acceptors (Lipinski definition) is 2. The molecule has 0 spiro atoms. The van der Waals surface area contributed by atoms with Gasteiger partial charge in [-0.2, -0.15) is 13.2 Å². The van der Waals surface area contributed by atoms with E-state index in [9.17, 15) is 18.3 Å². The summed E-state index contributed by atoms with van der Waals surface area (Å²) >= 11 is 0. The molecule has 1 aromatic carbocycles. The van der Waals surface area contributed by atoms with E-state index in [1.54, 1.807) is 0 Å². The van der Waals surface area contributed by atoms with Crippen LogP contribution in [0.5, 0.6) is 0 Å². The Balaban J connectivity index is 3.03. The summed E-state index contributed by atoms with van der Waals surface area (Å²) in [6, 6.07) is 4.28. The summed E-state index contributed by atoms with van der Waals surface area (Å²) in [6.07, 6.45) is -6.84. The van der Waals surface area contributed by atoms with Crippen LogP contribution >= 0.6 is 0 Å². The lowest BCUT2D eigenvalue weighted by atomic mass is 10.0. The summed E-state index contributed by atoms with van der Waals surface area (Å²) in [5.41, 5.74) is -0.778. The molecule has 1 aromatic rings. The average Bonchev–Trinajstić information content (AvgIpc) is 2.15. The molecule has 5 heteroatoms. The maximum Gasteiger partial charge on any atom is 0.416 e. The van der Waals surface area contributed by atoms with Gasteiger partial charge in [0, 0.05) is 0 Å². The summed E-state index contributed by atoms with van der Waals surface area (Å²) in [4.78, 5) is 0. The zero-order valence-electron chi connectivity index (χ0n) is 7.99. The highest BCUT2D eigenvalue weighted by Gasteiger charge is 2.31. The number of benzene rings is 1. The van der Waals surface area contributed by atoms with Gasteiger partial charge in [-0.25, -0.2) is 0 Å². The van der Waals surface area contributed by atoms with Crippen molar-refractivity contribution >= 4 is 0 Å². The van der Waals surface area contributed by atoms with Crippen LogP contribution in [0.15, 0.2) is 24.3 Å². The van der Waals surface area contributed by atoms with Gasteiger partial charge in [-0.15, -0.1) is 0 Å². The molecule has 0 aliphatic rings. The van der Waals surface area contributed by atoms with Gasteiger partial charge in [0.25, 0.3) is 0 Å². The lowest BCUT2D eigenvalue weighted by Crippen LogP contribution is -2.15. The molecule has 0 aliphatic carbocycles. The van der Waals surface area contributed by atoms with E-state index in [-0.39, 0.29) is 5.56 Å². The fourth-order valence-electron chi connectivity index (χ4n) is 1.18. The molecule has 2 nitrogen and oxygen atoms in total. The molecule has 2 N–H and O–H groups in total. The third kappa shape index (κ3) is 2.94. The van der Waals surface area contributed by atoms with Crippen LogP contribution in [0.4, 0.5) is 13.2 Å². The zero-order valence-corrected chi connectivity index (χ0v) is 7.99. The quantitative estimate of drug-likeness (QED) is 0.801. The number of hydrogen-bond donors (Lipinski definition) is 2. The summed E-state index contributed by atoms with van der Waals surface area (Å²) in [6.45, 7) is 1.31. The van der Waals surface area contributed by atoms with Crippen LogP contribution in [0.1, 0.15) is 24.2 Å². The van der Waals surface area contributed by atoms with E-state index < -0.39 is 23.9 Å². The number of aliphatic hydroxyl groups excluding tert-OH is 2. The predicted octanol–water partition coefficient (Wildman–Crippen LogP) is 2.12. The number of rotatable bonds is 2. The normalized spacial score (nSPS) is 16.1. The Morgan fingerprint density at radius 1 is 1.20 bits per heavy atom. The Labute approximate surface area is 85.0 Å². The van der Waals surface area contributed by atoms with Gasteiger partial charge in [-0.3, -0.25) is 0 Å². The molecule has 0 amide bonds. The second-order valence-corrected chi connectivity index (χ2v) is 3.31. The molecule has 84 valence electrons. The van der Waals surface area contributed by atoms with Gasteiger partial charge in [0.15, 0.2) is 0 Å². The van der Waals surface area contributed by atoms with Crippen LogP contribution in [-0.4, -0.2) is 16.3 Å². The highest BCUT2D eigenvalue weighted by Crippen LogP contribution is 2.31. The molecular formula is C10H11F3O2. The lowest BCUT2D eigenvalue weighted by Gasteiger charge is -2.15. The predicted molar refractivity (Wildman–Crippen MR) is 48.1 cm³/mol. The van der Waals surface area contributed by atoms with E-state index in [0.717, 1.165) is 12.1 Å². The molecule has 0 heterocycles. The van der Waals surface area contributed by atoms with Crippen molar-refractivity contribution in [3.05, 3.63) is 35.4 Å². The average molecular weight is 220 g/mol. The Morgan fingerprint density at radius 3 is 2.27 bits per heavy atom. The Hall–Kier alpha value is -1.07. The van der Waals surface area contributed by atoms with E-state index in [1.165, 1.54) is 19.1 Å². The Bertz CT molecular complexity index is 334. The van der Waals surface area contributed by atoms with Crippen LogP contribution < -0.4 is 0 Å². The van der Waals surface area contributed by atoms with Gasteiger partial charge >= 0.3 is 6.18 Å². The summed E-state index contributed by atoms with van der Waals surface area (Å²) in [5.74, 6) is 0. The van der Waals surface area contributed by atoms with Gasteiger partial charge < -0.3 is 10.2 Å². The number of halogens is 3. The molecule has 1 rings (SSSR count). The van der Waals surface area contributed by atoms with Crippen molar-refractivity contribution in [2.24, 2.45) is 0 Å². The number of aliphatic hydroxyl groups is 2. The van der Waals surface area contributed by atoms with Crippen LogP contribution in [0.3, 0.4) is 0 Å². The standard InChI is InChI=1S/C10H11F3O2/c1-6(14)9(15)7-3-2-4-8(5-7)10(11,12)13/h2-6,9,14-15H,1H3/t6?,9-/m0/s1. The van der Waals surface area contributed by atoms with Gasteiger partial charge in [0.1, 0.15) is 6.10 Å². The topological polar surface area (TPSA) is 40.5 Å². The van der Waals surface area contributed by atoms with Crippen molar-refractivity contribution in [2.75, 3.05) is 0 Å². The first-order chi connectivity index (χ1) is 6.82. The highest BCUT2D eigenvalue weighted by molar-refractivity contribution is 5.27. The minimum atomic E-state index is -4.44. The molecular weight excluding hydrogens is 209 g/mol. The lowest BCUT2D eigenvalue weighted by molar-refractivity contribution is -0.137. The van der Waals surface area contributed by atoms with Crippen molar-refractivity contribution in [3.63, 3.8) is 0 Å².